The number of sulfone groups is 1. The fourth-order valence-corrected chi connectivity index (χ4v) is 6.11. The van der Waals surface area contributed by atoms with Crippen molar-refractivity contribution in [3.05, 3.63) is 35.5 Å². The van der Waals surface area contributed by atoms with Gasteiger partial charge in [-0.3, -0.25) is 4.68 Å². The predicted octanol–water partition coefficient (Wildman–Crippen LogP) is 3.65. The molecular formula is C21H19F5N4O3S. The van der Waals surface area contributed by atoms with Crippen molar-refractivity contribution in [2.24, 2.45) is 13.0 Å². The minimum Gasteiger partial charge on any atom is -0.503 e. The Morgan fingerprint density at radius 1 is 1.15 bits per heavy atom. The molecule has 34 heavy (non-hydrogen) atoms. The molecule has 3 heterocycles. The molecule has 1 aliphatic heterocycles. The van der Waals surface area contributed by atoms with Crippen LogP contribution in [0.5, 0.6) is 5.75 Å². The van der Waals surface area contributed by atoms with E-state index in [2.05, 4.69) is 10.1 Å². The van der Waals surface area contributed by atoms with Gasteiger partial charge < -0.3 is 10.0 Å². The number of hydrogen-bond donors (Lipinski definition) is 1. The fourth-order valence-electron chi connectivity index (χ4n) is 4.49. The summed E-state index contributed by atoms with van der Waals surface area (Å²) in [5.41, 5.74) is -2.37. The molecule has 0 bridgehead atoms. The summed E-state index contributed by atoms with van der Waals surface area (Å²) in [5, 5.41) is 14.0. The van der Waals surface area contributed by atoms with Crippen molar-refractivity contribution in [2.75, 3.05) is 23.0 Å². The first-order chi connectivity index (χ1) is 15.9. The van der Waals surface area contributed by atoms with Gasteiger partial charge in [-0.25, -0.2) is 22.2 Å². The van der Waals surface area contributed by atoms with Crippen LogP contribution >= 0.6 is 0 Å². The molecule has 1 atom stereocenters. The van der Waals surface area contributed by atoms with E-state index in [-0.39, 0.29) is 47.2 Å². The summed E-state index contributed by atoms with van der Waals surface area (Å²) in [4.78, 5) is 6.29. The van der Waals surface area contributed by atoms with E-state index in [0.717, 1.165) is 12.8 Å². The van der Waals surface area contributed by atoms with E-state index < -0.39 is 44.5 Å². The minimum atomic E-state index is -5.16. The van der Waals surface area contributed by atoms with Crippen LogP contribution in [0, 0.1) is 17.6 Å². The van der Waals surface area contributed by atoms with Crippen LogP contribution < -0.4 is 4.90 Å². The molecule has 0 radical (unpaired) electrons. The Morgan fingerprint density at radius 3 is 2.50 bits per heavy atom. The summed E-state index contributed by atoms with van der Waals surface area (Å²) in [6, 6.07) is 1.67. The Labute approximate surface area is 190 Å². The molecule has 7 nitrogen and oxygen atoms in total. The van der Waals surface area contributed by atoms with E-state index in [4.69, 9.17) is 0 Å². The number of aromatic nitrogens is 3. The molecule has 182 valence electrons. The van der Waals surface area contributed by atoms with Gasteiger partial charge in [-0.1, -0.05) is 0 Å². The van der Waals surface area contributed by atoms with Gasteiger partial charge in [0.15, 0.2) is 27.2 Å². The highest BCUT2D eigenvalue weighted by Gasteiger charge is 2.42. The number of rotatable bonds is 3. The van der Waals surface area contributed by atoms with Gasteiger partial charge in [-0.15, -0.1) is 0 Å². The molecule has 1 aliphatic carbocycles. The maximum Gasteiger partial charge on any atom is 0.419 e. The highest BCUT2D eigenvalue weighted by Crippen LogP contribution is 2.42. The maximum atomic E-state index is 14.7. The van der Waals surface area contributed by atoms with Crippen LogP contribution in [-0.2, 0) is 23.1 Å². The number of fused-ring (bicyclic) bond motifs is 1. The number of anilines is 1. The highest BCUT2D eigenvalue weighted by atomic mass is 32.2. The van der Waals surface area contributed by atoms with Gasteiger partial charge in [0.2, 0.25) is 0 Å². The third kappa shape index (κ3) is 3.75. The first kappa shape index (κ1) is 22.8. The van der Waals surface area contributed by atoms with Gasteiger partial charge in [0.25, 0.3) is 0 Å². The van der Waals surface area contributed by atoms with E-state index in [1.54, 1.807) is 6.07 Å². The lowest BCUT2D eigenvalue weighted by Gasteiger charge is -2.36. The van der Waals surface area contributed by atoms with Crippen molar-refractivity contribution >= 4 is 26.6 Å². The Morgan fingerprint density at radius 2 is 1.85 bits per heavy atom. The second-order valence-electron chi connectivity index (χ2n) is 8.69. The molecule has 13 heteroatoms. The molecule has 5 rings (SSSR count). The lowest BCUT2D eigenvalue weighted by Crippen LogP contribution is -2.50. The highest BCUT2D eigenvalue weighted by molar-refractivity contribution is 7.91. The quantitative estimate of drug-likeness (QED) is 0.551. The number of aromatic hydroxyl groups is 1. The number of halogens is 5. The summed E-state index contributed by atoms with van der Waals surface area (Å²) >= 11 is 0. The number of phenolic OH excluding ortho intramolecular Hbond substituents is 1. The van der Waals surface area contributed by atoms with Crippen LogP contribution in [0.1, 0.15) is 18.4 Å². The van der Waals surface area contributed by atoms with E-state index in [1.165, 1.54) is 17.9 Å². The summed E-state index contributed by atoms with van der Waals surface area (Å²) in [6.45, 7) is 0.252. The molecule has 1 saturated carbocycles. The first-order valence-electron chi connectivity index (χ1n) is 10.5. The molecule has 0 spiro atoms. The lowest BCUT2D eigenvalue weighted by molar-refractivity contribution is -0.140. The van der Waals surface area contributed by atoms with Crippen molar-refractivity contribution in [1.82, 2.24) is 14.8 Å². The van der Waals surface area contributed by atoms with Crippen molar-refractivity contribution < 1.29 is 35.5 Å². The van der Waals surface area contributed by atoms with Gasteiger partial charge >= 0.3 is 6.18 Å². The topological polar surface area (TPSA) is 88.3 Å². The monoisotopic (exact) mass is 502 g/mol. The van der Waals surface area contributed by atoms with E-state index in [0.29, 0.717) is 11.3 Å². The van der Waals surface area contributed by atoms with Gasteiger partial charge in [0.05, 0.1) is 22.6 Å². The molecule has 1 aromatic carbocycles. The largest absolute Gasteiger partial charge is 0.503 e. The molecular weight excluding hydrogens is 483 g/mol. The smallest absolute Gasteiger partial charge is 0.419 e. The van der Waals surface area contributed by atoms with Crippen LogP contribution in [0.2, 0.25) is 0 Å². The molecule has 1 saturated heterocycles. The molecule has 2 fully saturated rings. The Bertz CT molecular complexity index is 1420. The number of hydrogen-bond acceptors (Lipinski definition) is 6. The van der Waals surface area contributed by atoms with Gasteiger partial charge in [0, 0.05) is 42.8 Å². The molecule has 1 N–H and O–H groups in total. The standard InChI is InChI=1S/C21H19F5N4O3S/c1-29-14-7-16(30-4-5-34(32,33)9-15(30)10-2-3-10)27-8-12(14)19(28-29)11-6-13(21(24,25)26)18(23)20(31)17(11)22/h6-8,10,15,31H,2-5,9H2,1H3. The Hall–Kier alpha value is -2.96. The normalized spacial score (nSPS) is 20.8. The third-order valence-corrected chi connectivity index (χ3v) is 8.04. The number of alkyl halides is 3. The predicted molar refractivity (Wildman–Crippen MR) is 113 cm³/mol. The van der Waals surface area contributed by atoms with Crippen LogP contribution in [0.15, 0.2) is 18.3 Å². The minimum absolute atomic E-state index is 0.0210. The first-order valence-corrected chi connectivity index (χ1v) is 12.3. The molecule has 1 unspecified atom stereocenters. The molecule has 3 aromatic rings. The molecule has 2 aliphatic rings. The second-order valence-corrected chi connectivity index (χ2v) is 10.9. The zero-order chi connectivity index (χ0) is 24.6. The van der Waals surface area contributed by atoms with E-state index >= 15 is 0 Å². The maximum absolute atomic E-state index is 14.7. The molecule has 0 amide bonds. The third-order valence-electron chi connectivity index (χ3n) is 6.39. The van der Waals surface area contributed by atoms with Crippen molar-refractivity contribution in [3.63, 3.8) is 0 Å². The summed E-state index contributed by atoms with van der Waals surface area (Å²) < 4.78 is 93.9. The summed E-state index contributed by atoms with van der Waals surface area (Å²) in [5.74, 6) is -4.68. The zero-order valence-electron chi connectivity index (χ0n) is 17.8. The number of benzene rings is 1. The fraction of sp³-hybridized carbons (Fsp3) is 0.429. The lowest BCUT2D eigenvalue weighted by atomic mass is 10.0. The van der Waals surface area contributed by atoms with Crippen LogP contribution in [0.25, 0.3) is 22.2 Å². The Balaban J connectivity index is 1.61. The van der Waals surface area contributed by atoms with Gasteiger partial charge in [-0.05, 0) is 24.8 Å². The second kappa shape index (κ2) is 7.52. The van der Waals surface area contributed by atoms with Gasteiger partial charge in [0.1, 0.15) is 11.5 Å². The summed E-state index contributed by atoms with van der Waals surface area (Å²) in [6.07, 6.45) is -2.01. The zero-order valence-corrected chi connectivity index (χ0v) is 18.6. The van der Waals surface area contributed by atoms with Crippen molar-refractivity contribution in [3.8, 4) is 17.0 Å². The number of nitrogens with zero attached hydrogens (tertiary/aromatic N) is 4. The average molecular weight is 502 g/mol. The van der Waals surface area contributed by atoms with Crippen LogP contribution in [0.3, 0.4) is 0 Å². The van der Waals surface area contributed by atoms with Crippen molar-refractivity contribution in [2.45, 2.75) is 25.1 Å². The van der Waals surface area contributed by atoms with E-state index in [1.807, 2.05) is 4.90 Å². The van der Waals surface area contributed by atoms with Crippen LogP contribution in [0.4, 0.5) is 27.8 Å². The van der Waals surface area contributed by atoms with E-state index in [9.17, 15) is 35.5 Å². The SMILES string of the molecule is Cn1nc(-c2cc(C(F)(F)F)c(F)c(O)c2F)c2cnc(N3CCS(=O)(=O)CC3C3CC3)cc21. The van der Waals surface area contributed by atoms with Crippen molar-refractivity contribution in [1.29, 1.82) is 0 Å². The average Bonchev–Trinajstić information content (AvgIpc) is 3.55. The summed E-state index contributed by atoms with van der Waals surface area (Å²) in [7, 11) is -1.66. The van der Waals surface area contributed by atoms with Gasteiger partial charge in [-0.2, -0.15) is 18.3 Å². The Kier molecular flexibility index (Phi) is 5.05. The van der Waals surface area contributed by atoms with Crippen LogP contribution in [-0.4, -0.2) is 52.4 Å². The molecule has 2 aromatic heterocycles. The number of aryl methyl sites for hydroxylation is 1. The number of pyridine rings is 1. The number of phenols is 1.